The third-order valence-corrected chi connectivity index (χ3v) is 2.71. The van der Waals surface area contributed by atoms with Crippen molar-refractivity contribution in [3.63, 3.8) is 0 Å². The van der Waals surface area contributed by atoms with Gasteiger partial charge >= 0.3 is 0 Å². The fourth-order valence-corrected chi connectivity index (χ4v) is 1.59. The van der Waals surface area contributed by atoms with Crippen LogP contribution in [-0.2, 0) is 4.74 Å². The van der Waals surface area contributed by atoms with E-state index in [-0.39, 0.29) is 17.6 Å². The van der Waals surface area contributed by atoms with Gasteiger partial charge in [0, 0.05) is 13.2 Å². The molecule has 2 N–H and O–H groups in total. The van der Waals surface area contributed by atoms with Crippen LogP contribution < -0.4 is 5.73 Å². The number of hydrogen-bond acceptors (Lipinski definition) is 2. The minimum atomic E-state index is -0.0359. The summed E-state index contributed by atoms with van der Waals surface area (Å²) in [6, 6.07) is 10.1. The van der Waals surface area contributed by atoms with E-state index in [0.717, 1.165) is 5.56 Å². The molecule has 0 aromatic heterocycles. The molecule has 2 unspecified atom stereocenters. The van der Waals surface area contributed by atoms with Gasteiger partial charge in [-0.25, -0.2) is 0 Å². The van der Waals surface area contributed by atoms with Crippen molar-refractivity contribution in [2.75, 3.05) is 7.11 Å². The Kier molecular flexibility index (Phi) is 3.89. The Morgan fingerprint density at radius 2 is 1.67 bits per heavy atom. The van der Waals surface area contributed by atoms with Gasteiger partial charge in [-0.2, -0.15) is 0 Å². The molecule has 0 amide bonds. The van der Waals surface area contributed by atoms with Gasteiger partial charge in [0.2, 0.25) is 0 Å². The highest BCUT2D eigenvalue weighted by atomic mass is 16.5. The number of nitrogens with two attached hydrogens (primary N) is 1. The van der Waals surface area contributed by atoms with Gasteiger partial charge in [-0.1, -0.05) is 51.1 Å². The molecular formula is C13H21NO. The standard InChI is InChI=1S/C13H21NO/c1-13(2,3)12(14)11(15-4)10-8-6-5-7-9-10/h5-9,11-12H,14H2,1-4H3. The first-order valence-electron chi connectivity index (χ1n) is 5.30. The molecule has 0 heterocycles. The molecule has 1 aromatic rings. The topological polar surface area (TPSA) is 35.2 Å². The lowest BCUT2D eigenvalue weighted by Crippen LogP contribution is -2.41. The summed E-state index contributed by atoms with van der Waals surface area (Å²) in [4.78, 5) is 0. The van der Waals surface area contributed by atoms with E-state index in [1.165, 1.54) is 0 Å². The second-order valence-corrected chi connectivity index (χ2v) is 4.96. The maximum absolute atomic E-state index is 6.21. The Balaban J connectivity index is 2.90. The van der Waals surface area contributed by atoms with Crippen LogP contribution in [0.4, 0.5) is 0 Å². The Bertz CT molecular complexity index is 289. The summed E-state index contributed by atoms with van der Waals surface area (Å²) >= 11 is 0. The van der Waals surface area contributed by atoms with Crippen molar-refractivity contribution in [1.29, 1.82) is 0 Å². The van der Waals surface area contributed by atoms with Gasteiger partial charge in [0.1, 0.15) is 0 Å². The van der Waals surface area contributed by atoms with Crippen LogP contribution in [0.1, 0.15) is 32.4 Å². The average Bonchev–Trinajstić information content (AvgIpc) is 2.19. The molecule has 2 heteroatoms. The van der Waals surface area contributed by atoms with Gasteiger partial charge < -0.3 is 10.5 Å². The van der Waals surface area contributed by atoms with Crippen LogP contribution in [-0.4, -0.2) is 13.2 Å². The molecule has 0 aliphatic rings. The van der Waals surface area contributed by atoms with E-state index in [1.807, 2.05) is 18.2 Å². The zero-order valence-corrected chi connectivity index (χ0v) is 10.0. The summed E-state index contributed by atoms with van der Waals surface area (Å²) in [5, 5.41) is 0. The SMILES string of the molecule is COC(c1ccccc1)C(N)C(C)(C)C. The lowest BCUT2D eigenvalue weighted by atomic mass is 9.82. The van der Waals surface area contributed by atoms with Crippen LogP contribution in [0.5, 0.6) is 0 Å². The monoisotopic (exact) mass is 207 g/mol. The number of benzene rings is 1. The Morgan fingerprint density at radius 1 is 1.13 bits per heavy atom. The minimum absolute atomic E-state index is 0.00935. The fourth-order valence-electron chi connectivity index (χ4n) is 1.59. The normalized spacial score (nSPS) is 16.1. The van der Waals surface area contributed by atoms with Crippen molar-refractivity contribution < 1.29 is 4.74 Å². The van der Waals surface area contributed by atoms with Crippen molar-refractivity contribution in [1.82, 2.24) is 0 Å². The summed E-state index contributed by atoms with van der Waals surface area (Å²) in [5.74, 6) is 0. The molecule has 0 saturated carbocycles. The van der Waals surface area contributed by atoms with Gasteiger partial charge in [-0.05, 0) is 11.0 Å². The first-order chi connectivity index (χ1) is 6.96. The maximum atomic E-state index is 6.21. The van der Waals surface area contributed by atoms with E-state index < -0.39 is 0 Å². The summed E-state index contributed by atoms with van der Waals surface area (Å²) < 4.78 is 5.50. The largest absolute Gasteiger partial charge is 0.375 e. The van der Waals surface area contributed by atoms with Crippen LogP contribution in [0.2, 0.25) is 0 Å². The second-order valence-electron chi connectivity index (χ2n) is 4.96. The van der Waals surface area contributed by atoms with Gasteiger partial charge in [0.05, 0.1) is 6.10 Å². The summed E-state index contributed by atoms with van der Waals surface area (Å²) in [7, 11) is 1.71. The molecule has 1 rings (SSSR count). The molecule has 0 bridgehead atoms. The van der Waals surface area contributed by atoms with E-state index in [4.69, 9.17) is 10.5 Å². The highest BCUT2D eigenvalue weighted by Crippen LogP contribution is 2.30. The quantitative estimate of drug-likeness (QED) is 0.827. The highest BCUT2D eigenvalue weighted by Gasteiger charge is 2.29. The van der Waals surface area contributed by atoms with Crippen LogP contribution in [0, 0.1) is 5.41 Å². The molecule has 0 fully saturated rings. The lowest BCUT2D eigenvalue weighted by molar-refractivity contribution is 0.0440. The van der Waals surface area contributed by atoms with E-state index >= 15 is 0 Å². The number of rotatable bonds is 3. The third kappa shape index (κ3) is 3.05. The van der Waals surface area contributed by atoms with Crippen molar-refractivity contribution in [2.45, 2.75) is 32.9 Å². The lowest BCUT2D eigenvalue weighted by Gasteiger charge is -2.33. The molecule has 0 saturated heterocycles. The van der Waals surface area contributed by atoms with Gasteiger partial charge in [-0.15, -0.1) is 0 Å². The van der Waals surface area contributed by atoms with Crippen LogP contribution in [0.15, 0.2) is 30.3 Å². The molecule has 84 valence electrons. The molecule has 15 heavy (non-hydrogen) atoms. The van der Waals surface area contributed by atoms with Crippen LogP contribution in [0.25, 0.3) is 0 Å². The van der Waals surface area contributed by atoms with Crippen LogP contribution in [0.3, 0.4) is 0 Å². The average molecular weight is 207 g/mol. The molecule has 2 atom stereocenters. The van der Waals surface area contributed by atoms with Gasteiger partial charge in [0.15, 0.2) is 0 Å². The van der Waals surface area contributed by atoms with E-state index in [9.17, 15) is 0 Å². The smallest absolute Gasteiger partial charge is 0.0977 e. The number of ether oxygens (including phenoxy) is 1. The minimum Gasteiger partial charge on any atom is -0.375 e. The van der Waals surface area contributed by atoms with Crippen LogP contribution >= 0.6 is 0 Å². The number of methoxy groups -OCH3 is 1. The molecule has 0 aliphatic carbocycles. The predicted molar refractivity (Wildman–Crippen MR) is 63.6 cm³/mol. The first-order valence-corrected chi connectivity index (χ1v) is 5.30. The molecule has 0 radical (unpaired) electrons. The van der Waals surface area contributed by atoms with E-state index in [0.29, 0.717) is 0 Å². The zero-order chi connectivity index (χ0) is 11.5. The summed E-state index contributed by atoms with van der Waals surface area (Å²) in [5.41, 5.74) is 7.39. The molecule has 0 aliphatic heterocycles. The first kappa shape index (κ1) is 12.2. The van der Waals surface area contributed by atoms with Crippen molar-refractivity contribution in [3.05, 3.63) is 35.9 Å². The Morgan fingerprint density at radius 3 is 2.07 bits per heavy atom. The second kappa shape index (κ2) is 4.77. The van der Waals surface area contributed by atoms with Crippen molar-refractivity contribution in [2.24, 2.45) is 11.1 Å². The maximum Gasteiger partial charge on any atom is 0.0977 e. The van der Waals surface area contributed by atoms with Gasteiger partial charge in [-0.3, -0.25) is 0 Å². The van der Waals surface area contributed by atoms with E-state index in [1.54, 1.807) is 7.11 Å². The van der Waals surface area contributed by atoms with Crippen molar-refractivity contribution >= 4 is 0 Å². The van der Waals surface area contributed by atoms with E-state index in [2.05, 4.69) is 32.9 Å². The molecule has 0 spiro atoms. The highest BCUT2D eigenvalue weighted by molar-refractivity contribution is 5.19. The summed E-state index contributed by atoms with van der Waals surface area (Å²) in [6.07, 6.45) is -0.0359. The number of hydrogen-bond donors (Lipinski definition) is 1. The Labute approximate surface area is 92.4 Å². The van der Waals surface area contributed by atoms with Gasteiger partial charge in [0.25, 0.3) is 0 Å². The zero-order valence-electron chi connectivity index (χ0n) is 10.0. The molecule has 2 nitrogen and oxygen atoms in total. The summed E-state index contributed by atoms with van der Waals surface area (Å²) in [6.45, 7) is 6.39. The van der Waals surface area contributed by atoms with Crippen molar-refractivity contribution in [3.8, 4) is 0 Å². The molecule has 1 aromatic carbocycles. The molecular weight excluding hydrogens is 186 g/mol. The predicted octanol–water partition coefficient (Wildman–Crippen LogP) is 2.75. The Hall–Kier alpha value is -0.860. The third-order valence-electron chi connectivity index (χ3n) is 2.71. The fraction of sp³-hybridized carbons (Fsp3) is 0.538.